The van der Waals surface area contributed by atoms with Gasteiger partial charge in [-0.15, -0.1) is 0 Å². The molecule has 3 heteroatoms. The Morgan fingerprint density at radius 2 is 1.90 bits per heavy atom. The molecule has 0 unspecified atom stereocenters. The van der Waals surface area contributed by atoms with Crippen molar-refractivity contribution in [3.63, 3.8) is 0 Å². The Kier molecular flexibility index (Phi) is 3.70. The zero-order chi connectivity index (χ0) is 13.8. The molecule has 4 rings (SSSR count). The molecule has 0 N–H and O–H groups in total. The third-order valence-corrected chi connectivity index (χ3v) is 6.42. The lowest BCUT2D eigenvalue weighted by atomic mass is 9.79. The zero-order valence-electron chi connectivity index (χ0n) is 13.2. The highest BCUT2D eigenvalue weighted by atomic mass is 16.5. The van der Waals surface area contributed by atoms with E-state index in [0.717, 1.165) is 19.1 Å². The fourth-order valence-corrected chi connectivity index (χ4v) is 5.34. The summed E-state index contributed by atoms with van der Waals surface area (Å²) in [4.78, 5) is 2.72. The Labute approximate surface area is 130 Å². The molecule has 21 heavy (non-hydrogen) atoms. The highest BCUT2D eigenvalue weighted by molar-refractivity contribution is 5.75. The summed E-state index contributed by atoms with van der Waals surface area (Å²) in [5.74, 6) is 1.63. The molecule has 111 valence electrons. The first kappa shape index (κ1) is 15.1. The van der Waals surface area contributed by atoms with Crippen LogP contribution in [0, 0.1) is 11.8 Å². The maximum absolute atomic E-state index is 6.47. The van der Waals surface area contributed by atoms with Crippen molar-refractivity contribution < 1.29 is 4.74 Å². The van der Waals surface area contributed by atoms with Crippen molar-refractivity contribution in [2.45, 2.75) is 50.9 Å². The molecule has 4 atom stereocenters. The highest BCUT2D eigenvalue weighted by Crippen LogP contribution is 2.59. The predicted molar refractivity (Wildman–Crippen MR) is 86.2 cm³/mol. The van der Waals surface area contributed by atoms with Crippen LogP contribution in [0.15, 0.2) is 30.3 Å². The van der Waals surface area contributed by atoms with Gasteiger partial charge in [-0.05, 0) is 51.1 Å². The summed E-state index contributed by atoms with van der Waals surface area (Å²) < 4.78 is 6.47. The molecule has 0 aromatic heterocycles. The van der Waals surface area contributed by atoms with E-state index < -0.39 is 0 Å². The molecule has 2 aliphatic heterocycles. The van der Waals surface area contributed by atoms with Gasteiger partial charge in [-0.1, -0.05) is 30.3 Å². The first-order valence-corrected chi connectivity index (χ1v) is 8.06. The Hall–Kier alpha value is -0.795. The van der Waals surface area contributed by atoms with Crippen molar-refractivity contribution in [1.29, 1.82) is 0 Å². The molecule has 0 amide bonds. The van der Waals surface area contributed by atoms with Gasteiger partial charge in [-0.2, -0.15) is 0 Å². The van der Waals surface area contributed by atoms with Crippen LogP contribution in [0.5, 0.6) is 0 Å². The minimum Gasteiger partial charge on any atom is -0.369 e. The fourth-order valence-electron chi connectivity index (χ4n) is 5.34. The normalized spacial score (nSPS) is 41.0. The van der Waals surface area contributed by atoms with E-state index in [1.54, 1.807) is 0 Å². The SMILES string of the molecule is C[C@@]12[C@H]3CC[C@@H]1[C@](C)(OCc1ccccc1)CN2CC3.[B]. The van der Waals surface area contributed by atoms with Crippen LogP contribution in [0.3, 0.4) is 0 Å². The van der Waals surface area contributed by atoms with Gasteiger partial charge in [0.05, 0.1) is 12.2 Å². The molecule has 0 spiro atoms. The summed E-state index contributed by atoms with van der Waals surface area (Å²) in [6.45, 7) is 8.01. The first-order valence-electron chi connectivity index (χ1n) is 8.06. The highest BCUT2D eigenvalue weighted by Gasteiger charge is 2.65. The number of benzene rings is 1. The second-order valence-corrected chi connectivity index (χ2v) is 7.35. The van der Waals surface area contributed by atoms with Crippen LogP contribution in [-0.2, 0) is 11.3 Å². The smallest absolute Gasteiger partial charge is 0.0831 e. The number of nitrogens with zero attached hydrogens (tertiary/aromatic N) is 1. The summed E-state index contributed by atoms with van der Waals surface area (Å²) in [5, 5.41) is 0. The van der Waals surface area contributed by atoms with Gasteiger partial charge in [-0.3, -0.25) is 4.90 Å². The van der Waals surface area contributed by atoms with E-state index in [0.29, 0.717) is 11.5 Å². The van der Waals surface area contributed by atoms with Crippen LogP contribution in [0.4, 0.5) is 0 Å². The van der Waals surface area contributed by atoms with Crippen LogP contribution in [0.25, 0.3) is 0 Å². The van der Waals surface area contributed by atoms with E-state index in [1.807, 2.05) is 0 Å². The average molecular weight is 282 g/mol. The van der Waals surface area contributed by atoms with Crippen LogP contribution in [-0.4, -0.2) is 37.5 Å². The quantitative estimate of drug-likeness (QED) is 0.790. The summed E-state index contributed by atoms with van der Waals surface area (Å²) in [6, 6.07) is 10.6. The number of hydrogen-bond donors (Lipinski definition) is 0. The predicted octanol–water partition coefficient (Wildman–Crippen LogP) is 3.09. The number of hydrogen-bond acceptors (Lipinski definition) is 2. The molecule has 1 aromatic rings. The van der Waals surface area contributed by atoms with Crippen molar-refractivity contribution in [2.24, 2.45) is 11.8 Å². The van der Waals surface area contributed by atoms with Gasteiger partial charge in [0, 0.05) is 26.4 Å². The largest absolute Gasteiger partial charge is 0.369 e. The molecule has 2 nitrogen and oxygen atoms in total. The minimum absolute atomic E-state index is 0. The van der Waals surface area contributed by atoms with Gasteiger partial charge >= 0.3 is 0 Å². The van der Waals surface area contributed by atoms with Crippen molar-refractivity contribution in [3.05, 3.63) is 35.9 Å². The lowest BCUT2D eigenvalue weighted by molar-refractivity contribution is -0.0667. The Morgan fingerprint density at radius 3 is 2.67 bits per heavy atom. The molecule has 1 aromatic carbocycles. The zero-order valence-corrected chi connectivity index (χ0v) is 13.2. The molecule has 2 heterocycles. The molecular weight excluding hydrogens is 257 g/mol. The topological polar surface area (TPSA) is 12.5 Å². The van der Waals surface area contributed by atoms with Crippen molar-refractivity contribution in [1.82, 2.24) is 4.90 Å². The van der Waals surface area contributed by atoms with E-state index in [1.165, 1.54) is 31.4 Å². The second kappa shape index (κ2) is 5.14. The van der Waals surface area contributed by atoms with Crippen LogP contribution >= 0.6 is 0 Å². The van der Waals surface area contributed by atoms with Crippen molar-refractivity contribution in [2.75, 3.05) is 13.1 Å². The minimum atomic E-state index is 0. The average Bonchev–Trinajstić information content (AvgIpc) is 3.02. The monoisotopic (exact) mass is 282 g/mol. The summed E-state index contributed by atoms with van der Waals surface area (Å²) in [5.41, 5.74) is 1.76. The van der Waals surface area contributed by atoms with Gasteiger partial charge in [0.15, 0.2) is 0 Å². The molecule has 0 bridgehead atoms. The van der Waals surface area contributed by atoms with Gasteiger partial charge < -0.3 is 4.74 Å². The van der Waals surface area contributed by atoms with Crippen LogP contribution in [0.2, 0.25) is 0 Å². The van der Waals surface area contributed by atoms with Crippen molar-refractivity contribution >= 4 is 8.41 Å². The lowest BCUT2D eigenvalue weighted by Gasteiger charge is -2.35. The molecule has 3 fully saturated rings. The first-order chi connectivity index (χ1) is 9.63. The maximum atomic E-state index is 6.47. The van der Waals surface area contributed by atoms with Crippen LogP contribution in [0.1, 0.15) is 38.7 Å². The van der Waals surface area contributed by atoms with E-state index in [4.69, 9.17) is 4.74 Å². The van der Waals surface area contributed by atoms with Crippen molar-refractivity contribution in [3.8, 4) is 0 Å². The standard InChI is InChI=1S/C18H25NO.B/c1-17(20-12-14-6-4-3-5-7-14)13-19-11-10-15-8-9-16(17)18(15,19)2;/h3-7,15-16H,8-13H2,1-2H3;/t15-,16+,17+,18+;/m0./s1. The fraction of sp³-hybridized carbons (Fsp3) is 0.667. The van der Waals surface area contributed by atoms with Gasteiger partial charge in [0.25, 0.3) is 0 Å². The van der Waals surface area contributed by atoms with Gasteiger partial charge in [-0.25, -0.2) is 0 Å². The summed E-state index contributed by atoms with van der Waals surface area (Å²) >= 11 is 0. The molecule has 3 aliphatic rings. The summed E-state index contributed by atoms with van der Waals surface area (Å²) in [7, 11) is 0. The Morgan fingerprint density at radius 1 is 1.14 bits per heavy atom. The van der Waals surface area contributed by atoms with E-state index in [9.17, 15) is 0 Å². The van der Waals surface area contributed by atoms with Gasteiger partial charge in [0.1, 0.15) is 0 Å². The van der Waals surface area contributed by atoms with Gasteiger partial charge in [0.2, 0.25) is 0 Å². The molecular formula is C18H25BNO. The molecule has 1 aliphatic carbocycles. The Balaban J connectivity index is 0.00000132. The maximum Gasteiger partial charge on any atom is 0.0831 e. The third kappa shape index (κ3) is 2.09. The number of rotatable bonds is 3. The molecule has 3 radical (unpaired) electrons. The molecule has 2 saturated heterocycles. The second-order valence-electron chi connectivity index (χ2n) is 7.35. The summed E-state index contributed by atoms with van der Waals surface area (Å²) in [6.07, 6.45) is 4.16. The van der Waals surface area contributed by atoms with E-state index in [-0.39, 0.29) is 14.0 Å². The lowest BCUT2D eigenvalue weighted by Crippen LogP contribution is -2.43. The van der Waals surface area contributed by atoms with Crippen LogP contribution < -0.4 is 0 Å². The molecule has 1 saturated carbocycles. The van der Waals surface area contributed by atoms with E-state index in [2.05, 4.69) is 49.1 Å². The Bertz CT molecular complexity index is 507. The number of ether oxygens (including phenoxy) is 1. The third-order valence-electron chi connectivity index (χ3n) is 6.42. The van der Waals surface area contributed by atoms with E-state index >= 15 is 0 Å².